The number of hydrogen-bond acceptors (Lipinski definition) is 4. The number of rotatable bonds is 6. The maximum atomic E-state index is 12.1. The lowest BCUT2D eigenvalue weighted by atomic mass is 10.3. The van der Waals surface area contributed by atoms with E-state index < -0.39 is 5.76 Å². The van der Waals surface area contributed by atoms with Crippen LogP contribution in [-0.2, 0) is 16.1 Å². The first-order valence-electron chi connectivity index (χ1n) is 7.50. The molecule has 0 bridgehead atoms. The summed E-state index contributed by atoms with van der Waals surface area (Å²) in [5, 5.41) is 2.73. The lowest BCUT2D eigenvalue weighted by Gasteiger charge is -2.17. The third kappa shape index (κ3) is 4.21. The second kappa shape index (κ2) is 7.13. The molecule has 0 aliphatic heterocycles. The van der Waals surface area contributed by atoms with E-state index in [4.69, 9.17) is 4.42 Å². The van der Waals surface area contributed by atoms with E-state index >= 15 is 0 Å². The molecule has 0 unspecified atom stereocenters. The zero-order valence-electron chi connectivity index (χ0n) is 13.5. The Kier molecular flexibility index (Phi) is 5.20. The number of hydrogen-bond donors (Lipinski definition) is 1. The Morgan fingerprint density at radius 2 is 2.00 bits per heavy atom. The fraction of sp³-hybridized carbons (Fsp3) is 0.438. The van der Waals surface area contributed by atoms with E-state index in [0.717, 1.165) is 0 Å². The highest BCUT2D eigenvalue weighted by Crippen LogP contribution is 2.12. The Bertz CT molecular complexity index is 760. The molecule has 1 N–H and O–H groups in total. The van der Waals surface area contributed by atoms with Gasteiger partial charge in [-0.25, -0.2) is 4.79 Å². The molecule has 2 amide bonds. The van der Waals surface area contributed by atoms with Gasteiger partial charge in [0.05, 0.1) is 12.1 Å². The minimum atomic E-state index is -0.487. The molecule has 2 rings (SSSR count). The van der Waals surface area contributed by atoms with Gasteiger partial charge in [0.15, 0.2) is 5.58 Å². The molecular weight excluding hydrogens is 298 g/mol. The van der Waals surface area contributed by atoms with Gasteiger partial charge < -0.3 is 14.6 Å². The van der Waals surface area contributed by atoms with Crippen LogP contribution in [-0.4, -0.2) is 40.9 Å². The summed E-state index contributed by atoms with van der Waals surface area (Å²) in [5.74, 6) is -0.901. The number of para-hydroxylation sites is 2. The average Bonchev–Trinajstić information content (AvgIpc) is 2.79. The molecule has 0 fully saturated rings. The van der Waals surface area contributed by atoms with Gasteiger partial charge in [0, 0.05) is 26.1 Å². The number of carbonyl (C=O) groups is 2. The van der Waals surface area contributed by atoms with Gasteiger partial charge in [-0.05, 0) is 26.0 Å². The molecule has 0 aliphatic rings. The van der Waals surface area contributed by atoms with Crippen LogP contribution < -0.4 is 11.1 Å². The number of aryl methyl sites for hydroxylation is 1. The molecule has 1 heterocycles. The lowest BCUT2D eigenvalue weighted by molar-refractivity contribution is -0.135. The first-order valence-corrected chi connectivity index (χ1v) is 7.50. The van der Waals surface area contributed by atoms with Crippen molar-refractivity contribution >= 4 is 22.9 Å². The minimum Gasteiger partial charge on any atom is -0.408 e. The number of amides is 2. The second-order valence-corrected chi connectivity index (χ2v) is 5.71. The van der Waals surface area contributed by atoms with Crippen molar-refractivity contribution in [2.45, 2.75) is 32.9 Å². The number of carbonyl (C=O) groups excluding carboxylic acids is 2. The third-order valence-corrected chi connectivity index (χ3v) is 3.38. The molecule has 2 aromatic rings. The molecule has 0 atom stereocenters. The lowest BCUT2D eigenvalue weighted by Crippen LogP contribution is -2.41. The number of benzene rings is 1. The van der Waals surface area contributed by atoms with E-state index in [9.17, 15) is 14.4 Å². The highest BCUT2D eigenvalue weighted by molar-refractivity contribution is 5.84. The van der Waals surface area contributed by atoms with Crippen LogP contribution >= 0.6 is 0 Å². The summed E-state index contributed by atoms with van der Waals surface area (Å²) in [6.07, 6.45) is 0.120. The van der Waals surface area contributed by atoms with Crippen LogP contribution in [0.25, 0.3) is 11.1 Å². The number of nitrogens with zero attached hydrogens (tertiary/aromatic N) is 2. The monoisotopic (exact) mass is 319 g/mol. The minimum absolute atomic E-state index is 0.00194. The van der Waals surface area contributed by atoms with Crippen molar-refractivity contribution in [1.29, 1.82) is 0 Å². The van der Waals surface area contributed by atoms with E-state index in [1.807, 2.05) is 13.8 Å². The summed E-state index contributed by atoms with van der Waals surface area (Å²) < 4.78 is 6.54. The van der Waals surface area contributed by atoms with E-state index in [-0.39, 0.29) is 37.4 Å². The predicted octanol–water partition coefficient (Wildman–Crippen LogP) is 0.968. The summed E-state index contributed by atoms with van der Waals surface area (Å²) in [7, 11) is 1.57. The number of oxazole rings is 1. The highest BCUT2D eigenvalue weighted by atomic mass is 16.4. The number of likely N-dealkylation sites (N-methyl/N-ethyl adjacent to an activating group) is 1. The van der Waals surface area contributed by atoms with Crippen molar-refractivity contribution in [1.82, 2.24) is 14.8 Å². The average molecular weight is 319 g/mol. The van der Waals surface area contributed by atoms with E-state index in [1.54, 1.807) is 31.3 Å². The molecule has 0 aliphatic carbocycles. The molecule has 23 heavy (non-hydrogen) atoms. The van der Waals surface area contributed by atoms with Gasteiger partial charge in [0.1, 0.15) is 0 Å². The molecule has 0 saturated heterocycles. The quantitative estimate of drug-likeness (QED) is 0.860. The number of aromatic nitrogens is 1. The van der Waals surface area contributed by atoms with Gasteiger partial charge in [-0.1, -0.05) is 12.1 Å². The van der Waals surface area contributed by atoms with Gasteiger partial charge in [-0.15, -0.1) is 0 Å². The van der Waals surface area contributed by atoms with E-state index in [0.29, 0.717) is 11.1 Å². The first kappa shape index (κ1) is 16.8. The Hall–Kier alpha value is -2.57. The Labute approximate surface area is 133 Å². The number of nitrogens with one attached hydrogen (secondary N) is 1. The summed E-state index contributed by atoms with van der Waals surface area (Å²) in [4.78, 5) is 36.9. The molecule has 124 valence electrons. The molecule has 0 radical (unpaired) electrons. The smallest absolute Gasteiger partial charge is 0.408 e. The maximum Gasteiger partial charge on any atom is 0.419 e. The van der Waals surface area contributed by atoms with Gasteiger partial charge in [0.25, 0.3) is 0 Å². The Morgan fingerprint density at radius 1 is 1.30 bits per heavy atom. The predicted molar refractivity (Wildman–Crippen MR) is 86.0 cm³/mol. The van der Waals surface area contributed by atoms with Crippen molar-refractivity contribution < 1.29 is 14.0 Å². The SMILES string of the molecule is CC(C)NC(=O)CN(C)C(=O)CCn1c(=O)oc2ccccc21. The largest absolute Gasteiger partial charge is 0.419 e. The summed E-state index contributed by atoms with van der Waals surface area (Å²) in [6, 6.07) is 7.09. The molecule has 0 saturated carbocycles. The topological polar surface area (TPSA) is 84.5 Å². The second-order valence-electron chi connectivity index (χ2n) is 5.71. The molecule has 1 aromatic heterocycles. The van der Waals surface area contributed by atoms with Gasteiger partial charge in [-0.3, -0.25) is 14.2 Å². The summed E-state index contributed by atoms with van der Waals surface area (Å²) in [6.45, 7) is 3.93. The van der Waals surface area contributed by atoms with Gasteiger partial charge in [0.2, 0.25) is 11.8 Å². The van der Waals surface area contributed by atoms with Gasteiger partial charge in [-0.2, -0.15) is 0 Å². The van der Waals surface area contributed by atoms with Crippen LogP contribution in [0, 0.1) is 0 Å². The van der Waals surface area contributed by atoms with Crippen molar-refractivity contribution in [2.24, 2.45) is 0 Å². The van der Waals surface area contributed by atoms with Crippen LogP contribution in [0.1, 0.15) is 20.3 Å². The van der Waals surface area contributed by atoms with Gasteiger partial charge >= 0.3 is 5.76 Å². The van der Waals surface area contributed by atoms with Crippen molar-refractivity contribution in [2.75, 3.05) is 13.6 Å². The molecule has 7 nitrogen and oxygen atoms in total. The molecule has 0 spiro atoms. The fourth-order valence-electron chi connectivity index (χ4n) is 2.30. The summed E-state index contributed by atoms with van der Waals surface area (Å²) >= 11 is 0. The third-order valence-electron chi connectivity index (χ3n) is 3.38. The number of fused-ring (bicyclic) bond motifs is 1. The van der Waals surface area contributed by atoms with Crippen LogP contribution in [0.15, 0.2) is 33.5 Å². The Balaban J connectivity index is 1.97. The molecule has 1 aromatic carbocycles. The Morgan fingerprint density at radius 3 is 2.70 bits per heavy atom. The van der Waals surface area contributed by atoms with Crippen LogP contribution in [0.3, 0.4) is 0 Å². The molecular formula is C16H21N3O4. The first-order chi connectivity index (χ1) is 10.9. The fourth-order valence-corrected chi connectivity index (χ4v) is 2.30. The van der Waals surface area contributed by atoms with E-state index in [2.05, 4.69) is 5.32 Å². The van der Waals surface area contributed by atoms with Crippen molar-refractivity contribution in [3.8, 4) is 0 Å². The molecule has 7 heteroatoms. The highest BCUT2D eigenvalue weighted by Gasteiger charge is 2.15. The van der Waals surface area contributed by atoms with Crippen molar-refractivity contribution in [3.05, 3.63) is 34.8 Å². The van der Waals surface area contributed by atoms with E-state index in [1.165, 1.54) is 9.47 Å². The standard InChI is InChI=1S/C16H21N3O4/c1-11(2)17-14(20)10-18(3)15(21)8-9-19-12-6-4-5-7-13(12)23-16(19)22/h4-7,11H,8-10H2,1-3H3,(H,17,20). The van der Waals surface area contributed by atoms with Crippen LogP contribution in [0.5, 0.6) is 0 Å². The van der Waals surface area contributed by atoms with Crippen LogP contribution in [0.2, 0.25) is 0 Å². The zero-order chi connectivity index (χ0) is 17.0. The normalized spacial score (nSPS) is 11.0. The zero-order valence-corrected chi connectivity index (χ0v) is 13.5. The van der Waals surface area contributed by atoms with Crippen LogP contribution in [0.4, 0.5) is 0 Å². The maximum absolute atomic E-state index is 12.1. The summed E-state index contributed by atoms with van der Waals surface area (Å²) in [5.41, 5.74) is 1.15. The van der Waals surface area contributed by atoms with Crippen molar-refractivity contribution in [3.63, 3.8) is 0 Å².